The van der Waals surface area contributed by atoms with E-state index in [-0.39, 0.29) is 122 Å². The fourth-order valence-corrected chi connectivity index (χ4v) is 0. The van der Waals surface area contributed by atoms with Crippen LogP contribution in [0, 0.1) is 71.0 Å². The van der Waals surface area contributed by atoms with E-state index in [2.05, 4.69) is 0 Å². The van der Waals surface area contributed by atoms with Gasteiger partial charge in [0.05, 0.1) is 0 Å². The quantitative estimate of drug-likeness (QED) is 0.319. The zero-order valence-electron chi connectivity index (χ0n) is 8.02. The molecule has 0 spiro atoms. The molecule has 9 heteroatoms. The Bertz CT molecular complexity index is 101. The summed E-state index contributed by atoms with van der Waals surface area (Å²) in [6.07, 6.45) is 0. The molecule has 0 saturated heterocycles. The van der Waals surface area contributed by atoms with Crippen molar-refractivity contribution >= 4 is 0 Å². The van der Waals surface area contributed by atoms with Crippen molar-refractivity contribution in [2.24, 2.45) is 0 Å². The van der Waals surface area contributed by atoms with E-state index in [4.69, 9.17) is 71.0 Å². The molecule has 0 heterocycles. The molecule has 0 aliphatic heterocycles. The summed E-state index contributed by atoms with van der Waals surface area (Å²) < 4.78 is 0. The van der Waals surface area contributed by atoms with E-state index >= 15 is 0 Å². The fraction of sp³-hybridized carbons (Fsp3) is 0. The van der Waals surface area contributed by atoms with Gasteiger partial charge in [0.15, 0.2) is 0 Å². The monoisotopic (exact) mass is 337 g/mol. The van der Waals surface area contributed by atoms with E-state index in [0.717, 1.165) is 0 Å². The van der Waals surface area contributed by atoms with E-state index in [0.29, 0.717) is 0 Å². The molecule has 0 aliphatic carbocycles. The third kappa shape index (κ3) is 3500. The topological polar surface area (TPSA) is 143 Å². The molecular formula is C6K2N6Rh-4. The minimum atomic E-state index is 0. The Morgan fingerprint density at radius 3 is 0.333 bits per heavy atom. The SMILES string of the molecule is [C-]#N.[C-]#N.[C-]#N.[C-]#N.[C-]#N.[C-]#N.[K+].[K+].[Rh]. The van der Waals surface area contributed by atoms with Crippen molar-refractivity contribution in [1.29, 1.82) is 31.6 Å². The van der Waals surface area contributed by atoms with Gasteiger partial charge in [-0.2, -0.15) is 0 Å². The second kappa shape index (κ2) is 4060. The number of hydrogen-bond acceptors (Lipinski definition) is 6. The first-order chi connectivity index (χ1) is 6.00. The standard InChI is InChI=1S/6CN.2K.Rh/c6*1-2;;;/q6*-1;2*+1;. The van der Waals surface area contributed by atoms with Gasteiger partial charge in [0, 0.05) is 19.5 Å². The largest absolute Gasteiger partial charge is 1.00 e. The first-order valence-corrected chi connectivity index (χ1v) is 1.34. The van der Waals surface area contributed by atoms with Crippen molar-refractivity contribution in [2.75, 3.05) is 0 Å². The molecule has 0 rings (SSSR count). The van der Waals surface area contributed by atoms with Crippen LogP contribution in [0.1, 0.15) is 0 Å². The Labute approximate surface area is 189 Å². The van der Waals surface area contributed by atoms with Crippen LogP contribution in [0.15, 0.2) is 0 Å². The Hall–Kier alpha value is 0.836. The van der Waals surface area contributed by atoms with Gasteiger partial charge in [-0.3, -0.25) is 0 Å². The minimum absolute atomic E-state index is 0. The molecule has 0 aromatic carbocycles. The van der Waals surface area contributed by atoms with Crippen molar-refractivity contribution < 1.29 is 122 Å². The first-order valence-electron chi connectivity index (χ1n) is 1.34. The van der Waals surface area contributed by atoms with E-state index in [1.165, 1.54) is 0 Å². The van der Waals surface area contributed by atoms with Crippen LogP contribution in [0.4, 0.5) is 0 Å². The van der Waals surface area contributed by atoms with Crippen LogP contribution in [0.25, 0.3) is 0 Å². The molecule has 15 heavy (non-hydrogen) atoms. The van der Waals surface area contributed by atoms with Crippen LogP contribution in [-0.2, 0) is 19.5 Å². The first kappa shape index (κ1) is 74.6. The van der Waals surface area contributed by atoms with Crippen LogP contribution >= 0.6 is 0 Å². The molecular weight excluding hydrogens is 337 g/mol. The third-order valence-electron chi connectivity index (χ3n) is 0. The van der Waals surface area contributed by atoms with Gasteiger partial charge in [-0.15, -0.1) is 0 Å². The molecule has 0 aliphatic rings. The summed E-state index contributed by atoms with van der Waals surface area (Å²) in [6.45, 7) is 28.5. The molecule has 0 aromatic heterocycles. The Morgan fingerprint density at radius 2 is 0.333 bits per heavy atom. The van der Waals surface area contributed by atoms with Crippen LogP contribution in [0.5, 0.6) is 0 Å². The Balaban J connectivity index is -0.00000000396. The van der Waals surface area contributed by atoms with Gasteiger partial charge >= 0.3 is 103 Å². The molecule has 0 bridgehead atoms. The molecule has 0 fully saturated rings. The number of hydrogen-bond donors (Lipinski definition) is 0. The fourth-order valence-electron chi connectivity index (χ4n) is 0. The average molecular weight is 337 g/mol. The zero-order valence-corrected chi connectivity index (χ0v) is 15.9. The van der Waals surface area contributed by atoms with Crippen molar-refractivity contribution in [3.8, 4) is 0 Å². The van der Waals surface area contributed by atoms with E-state index in [1.807, 2.05) is 0 Å². The zero-order chi connectivity index (χ0) is 12.0. The molecule has 6 nitrogen and oxygen atoms in total. The van der Waals surface area contributed by atoms with Crippen molar-refractivity contribution in [1.82, 2.24) is 0 Å². The molecule has 69 valence electrons. The molecule has 0 N–H and O–H groups in total. The summed E-state index contributed by atoms with van der Waals surface area (Å²) in [5.74, 6) is 0. The molecule has 1 radical (unpaired) electrons. The van der Waals surface area contributed by atoms with Gasteiger partial charge < -0.3 is 71.0 Å². The summed E-state index contributed by atoms with van der Waals surface area (Å²) in [5, 5.41) is 37.5. The predicted octanol–water partition coefficient (Wildman–Crippen LogP) is -5.42. The summed E-state index contributed by atoms with van der Waals surface area (Å²) in [7, 11) is 0. The average Bonchev–Trinajstić information content (AvgIpc) is 2.33. The van der Waals surface area contributed by atoms with Gasteiger partial charge in [0.25, 0.3) is 0 Å². The Kier molecular flexibility index (Phi) is 20200. The van der Waals surface area contributed by atoms with Crippen LogP contribution in [0.2, 0.25) is 0 Å². The van der Waals surface area contributed by atoms with Gasteiger partial charge in [0.1, 0.15) is 0 Å². The smallest absolute Gasteiger partial charge is 0.512 e. The van der Waals surface area contributed by atoms with Gasteiger partial charge in [0.2, 0.25) is 0 Å². The predicted molar refractivity (Wildman–Crippen MR) is 29.8 cm³/mol. The van der Waals surface area contributed by atoms with Crippen molar-refractivity contribution in [3.63, 3.8) is 0 Å². The van der Waals surface area contributed by atoms with Gasteiger partial charge in [-0.25, -0.2) is 0 Å². The van der Waals surface area contributed by atoms with Crippen LogP contribution in [0.3, 0.4) is 0 Å². The van der Waals surface area contributed by atoms with Gasteiger partial charge in [-0.1, -0.05) is 0 Å². The maximum atomic E-state index is 6.25. The molecule has 0 saturated carbocycles. The second-order valence-electron chi connectivity index (χ2n) is 0. The second-order valence-corrected chi connectivity index (χ2v) is 0. The van der Waals surface area contributed by atoms with E-state index < -0.39 is 0 Å². The summed E-state index contributed by atoms with van der Waals surface area (Å²) in [6, 6.07) is 0. The molecule has 0 aromatic rings. The minimum Gasteiger partial charge on any atom is -0.512 e. The van der Waals surface area contributed by atoms with E-state index in [9.17, 15) is 0 Å². The normalized spacial score (nSPS) is 0.800. The van der Waals surface area contributed by atoms with Crippen LogP contribution < -0.4 is 103 Å². The Morgan fingerprint density at radius 1 is 0.333 bits per heavy atom. The van der Waals surface area contributed by atoms with Crippen molar-refractivity contribution in [2.45, 2.75) is 0 Å². The summed E-state index contributed by atoms with van der Waals surface area (Å²) in [4.78, 5) is 0. The van der Waals surface area contributed by atoms with Crippen LogP contribution in [-0.4, -0.2) is 0 Å². The third-order valence-corrected chi connectivity index (χ3v) is 0. The molecule has 0 atom stereocenters. The number of rotatable bonds is 0. The molecule has 0 amide bonds. The van der Waals surface area contributed by atoms with Gasteiger partial charge in [-0.05, 0) is 0 Å². The summed E-state index contributed by atoms with van der Waals surface area (Å²) in [5.41, 5.74) is 0. The summed E-state index contributed by atoms with van der Waals surface area (Å²) >= 11 is 0. The number of nitrogens with zero attached hydrogens (tertiary/aromatic N) is 6. The maximum absolute atomic E-state index is 6.25. The maximum Gasteiger partial charge on any atom is 1.00 e. The van der Waals surface area contributed by atoms with E-state index in [1.54, 1.807) is 0 Å². The molecule has 0 unspecified atom stereocenters. The van der Waals surface area contributed by atoms with Crippen molar-refractivity contribution in [3.05, 3.63) is 39.4 Å².